The van der Waals surface area contributed by atoms with Gasteiger partial charge in [-0.2, -0.15) is 0 Å². The number of carbonyl (C=O) groups is 1. The number of amides is 1. The number of carbonyl (C=O) groups excluding carboxylic acids is 1. The van der Waals surface area contributed by atoms with Gasteiger partial charge in [0.05, 0.1) is 0 Å². The largest absolute Gasteiger partial charge is 0.355 e. The molecule has 0 saturated carbocycles. The van der Waals surface area contributed by atoms with Crippen LogP contribution >= 0.6 is 12.4 Å². The van der Waals surface area contributed by atoms with E-state index in [9.17, 15) is 4.79 Å². The van der Waals surface area contributed by atoms with E-state index >= 15 is 0 Å². The molecule has 2 aromatic carbocycles. The molecule has 1 aliphatic rings. The van der Waals surface area contributed by atoms with Crippen LogP contribution in [0, 0.1) is 0 Å². The molecule has 1 aliphatic heterocycles. The Bertz CT molecular complexity index is 627. The number of hydrogen-bond donors (Lipinski definition) is 2. The van der Waals surface area contributed by atoms with E-state index in [0.717, 1.165) is 19.4 Å². The van der Waals surface area contributed by atoms with Gasteiger partial charge in [-0.3, -0.25) is 4.79 Å². The Morgan fingerprint density at radius 3 is 2.40 bits per heavy atom. The molecule has 0 spiro atoms. The fourth-order valence-corrected chi connectivity index (χ4v) is 3.40. The molecule has 2 aromatic rings. The van der Waals surface area contributed by atoms with Crippen LogP contribution in [0.15, 0.2) is 60.7 Å². The van der Waals surface area contributed by atoms with Crippen LogP contribution in [-0.4, -0.2) is 25.0 Å². The summed E-state index contributed by atoms with van der Waals surface area (Å²) in [6, 6.07) is 21.3. The molecule has 0 aromatic heterocycles. The maximum absolute atomic E-state index is 12.2. The van der Waals surface area contributed by atoms with Crippen molar-refractivity contribution >= 4 is 18.3 Å². The van der Waals surface area contributed by atoms with E-state index in [1.807, 2.05) is 12.1 Å². The monoisotopic (exact) mass is 358 g/mol. The lowest BCUT2D eigenvalue weighted by atomic mass is 9.92. The van der Waals surface area contributed by atoms with Crippen molar-refractivity contribution in [2.75, 3.05) is 13.1 Å². The SMILES string of the molecule is Cl.O=C(CC1CCCN1)NCC(Cc1ccccc1)c1ccccc1. The highest BCUT2D eigenvalue weighted by atomic mass is 35.5. The average molecular weight is 359 g/mol. The van der Waals surface area contributed by atoms with Gasteiger partial charge in [-0.25, -0.2) is 0 Å². The Morgan fingerprint density at radius 2 is 1.76 bits per heavy atom. The first kappa shape index (κ1) is 19.5. The van der Waals surface area contributed by atoms with Gasteiger partial charge in [-0.1, -0.05) is 60.7 Å². The van der Waals surface area contributed by atoms with E-state index in [0.29, 0.717) is 24.9 Å². The third kappa shape index (κ3) is 6.18. The molecule has 2 unspecified atom stereocenters. The normalized spacial score (nSPS) is 17.5. The van der Waals surface area contributed by atoms with Crippen LogP contribution in [-0.2, 0) is 11.2 Å². The number of benzene rings is 2. The summed E-state index contributed by atoms with van der Waals surface area (Å²) < 4.78 is 0. The van der Waals surface area contributed by atoms with Gasteiger partial charge in [-0.15, -0.1) is 12.4 Å². The van der Waals surface area contributed by atoms with Crippen LogP contribution in [0.5, 0.6) is 0 Å². The number of rotatable bonds is 7. The highest BCUT2D eigenvalue weighted by Crippen LogP contribution is 2.20. The van der Waals surface area contributed by atoms with Gasteiger partial charge < -0.3 is 10.6 Å². The summed E-state index contributed by atoms with van der Waals surface area (Å²) in [6.45, 7) is 1.73. The summed E-state index contributed by atoms with van der Waals surface area (Å²) in [7, 11) is 0. The number of halogens is 1. The Morgan fingerprint density at radius 1 is 1.08 bits per heavy atom. The van der Waals surface area contributed by atoms with Crippen LogP contribution in [0.2, 0.25) is 0 Å². The highest BCUT2D eigenvalue weighted by molar-refractivity contribution is 5.85. The van der Waals surface area contributed by atoms with Crippen LogP contribution in [0.1, 0.15) is 36.3 Å². The summed E-state index contributed by atoms with van der Waals surface area (Å²) in [5.41, 5.74) is 2.58. The predicted octanol–water partition coefficient (Wildman–Crippen LogP) is 3.69. The molecule has 0 radical (unpaired) electrons. The van der Waals surface area contributed by atoms with Crippen molar-refractivity contribution in [3.63, 3.8) is 0 Å². The quantitative estimate of drug-likeness (QED) is 0.792. The van der Waals surface area contributed by atoms with E-state index in [1.54, 1.807) is 0 Å². The first-order valence-corrected chi connectivity index (χ1v) is 8.90. The van der Waals surface area contributed by atoms with Crippen LogP contribution in [0.3, 0.4) is 0 Å². The van der Waals surface area contributed by atoms with Gasteiger partial charge in [-0.05, 0) is 36.9 Å². The van der Waals surface area contributed by atoms with Crippen molar-refractivity contribution in [1.29, 1.82) is 0 Å². The molecule has 2 atom stereocenters. The zero-order valence-electron chi connectivity index (χ0n) is 14.5. The minimum Gasteiger partial charge on any atom is -0.355 e. The molecule has 0 aliphatic carbocycles. The zero-order valence-corrected chi connectivity index (χ0v) is 15.3. The summed E-state index contributed by atoms with van der Waals surface area (Å²) in [6.07, 6.45) is 3.82. The molecule has 1 amide bonds. The van der Waals surface area contributed by atoms with Gasteiger partial charge >= 0.3 is 0 Å². The van der Waals surface area contributed by atoms with E-state index in [1.165, 1.54) is 17.5 Å². The number of nitrogens with one attached hydrogen (secondary N) is 2. The second-order valence-electron chi connectivity index (χ2n) is 6.60. The molecular weight excluding hydrogens is 332 g/mol. The Labute approximate surface area is 156 Å². The molecule has 1 fully saturated rings. The summed E-state index contributed by atoms with van der Waals surface area (Å²) in [4.78, 5) is 12.2. The second-order valence-corrected chi connectivity index (χ2v) is 6.60. The smallest absolute Gasteiger partial charge is 0.221 e. The molecule has 25 heavy (non-hydrogen) atoms. The summed E-state index contributed by atoms with van der Waals surface area (Å²) >= 11 is 0. The Kier molecular flexibility index (Phi) is 7.96. The minimum atomic E-state index is 0. The van der Waals surface area contributed by atoms with Crippen molar-refractivity contribution in [2.24, 2.45) is 0 Å². The Hall–Kier alpha value is -1.84. The van der Waals surface area contributed by atoms with Crippen molar-refractivity contribution in [3.8, 4) is 0 Å². The molecular formula is C21H27ClN2O. The third-order valence-corrected chi connectivity index (χ3v) is 4.74. The highest BCUT2D eigenvalue weighted by Gasteiger charge is 2.19. The van der Waals surface area contributed by atoms with E-state index in [2.05, 4.69) is 59.2 Å². The lowest BCUT2D eigenvalue weighted by molar-refractivity contribution is -0.121. The molecule has 1 saturated heterocycles. The zero-order chi connectivity index (χ0) is 16.6. The maximum Gasteiger partial charge on any atom is 0.221 e. The van der Waals surface area contributed by atoms with E-state index in [4.69, 9.17) is 0 Å². The number of hydrogen-bond acceptors (Lipinski definition) is 2. The lowest BCUT2D eigenvalue weighted by Crippen LogP contribution is -2.34. The first-order chi connectivity index (χ1) is 11.8. The van der Waals surface area contributed by atoms with Crippen LogP contribution < -0.4 is 10.6 Å². The molecule has 0 bridgehead atoms. The molecule has 4 heteroatoms. The predicted molar refractivity (Wildman–Crippen MR) is 105 cm³/mol. The maximum atomic E-state index is 12.2. The van der Waals surface area contributed by atoms with Gasteiger partial charge in [0, 0.05) is 24.9 Å². The van der Waals surface area contributed by atoms with Crippen molar-refractivity contribution in [2.45, 2.75) is 37.6 Å². The molecule has 2 N–H and O–H groups in total. The molecule has 3 nitrogen and oxygen atoms in total. The van der Waals surface area contributed by atoms with E-state index < -0.39 is 0 Å². The summed E-state index contributed by atoms with van der Waals surface area (Å²) in [5.74, 6) is 0.456. The van der Waals surface area contributed by atoms with Gasteiger partial charge in [0.2, 0.25) is 5.91 Å². The van der Waals surface area contributed by atoms with Crippen molar-refractivity contribution < 1.29 is 4.79 Å². The molecule has 134 valence electrons. The second kappa shape index (κ2) is 10.2. The minimum absolute atomic E-state index is 0. The average Bonchev–Trinajstić information content (AvgIpc) is 3.13. The molecule has 3 rings (SSSR count). The van der Waals surface area contributed by atoms with Crippen LogP contribution in [0.25, 0.3) is 0 Å². The topological polar surface area (TPSA) is 41.1 Å². The summed E-state index contributed by atoms with van der Waals surface area (Å²) in [5, 5.41) is 6.54. The Balaban J connectivity index is 0.00000225. The fourth-order valence-electron chi connectivity index (χ4n) is 3.40. The van der Waals surface area contributed by atoms with Gasteiger partial charge in [0.1, 0.15) is 0 Å². The third-order valence-electron chi connectivity index (χ3n) is 4.74. The lowest BCUT2D eigenvalue weighted by Gasteiger charge is -2.19. The van der Waals surface area contributed by atoms with Gasteiger partial charge in [0.15, 0.2) is 0 Å². The van der Waals surface area contributed by atoms with E-state index in [-0.39, 0.29) is 18.3 Å². The van der Waals surface area contributed by atoms with Crippen LogP contribution in [0.4, 0.5) is 0 Å². The van der Waals surface area contributed by atoms with Crippen molar-refractivity contribution in [1.82, 2.24) is 10.6 Å². The first-order valence-electron chi connectivity index (χ1n) is 8.90. The fraction of sp³-hybridized carbons (Fsp3) is 0.381. The van der Waals surface area contributed by atoms with Crippen molar-refractivity contribution in [3.05, 3.63) is 71.8 Å². The molecule has 1 heterocycles. The van der Waals surface area contributed by atoms with Gasteiger partial charge in [0.25, 0.3) is 0 Å². The standard InChI is InChI=1S/C21H26N2O.ClH/c24-21(15-20-12-7-13-22-20)23-16-19(18-10-5-2-6-11-18)14-17-8-3-1-4-9-17;/h1-6,8-11,19-20,22H,7,12-16H2,(H,23,24);1H.